The first-order valence-corrected chi connectivity index (χ1v) is 21.4. The van der Waals surface area contributed by atoms with Crippen molar-refractivity contribution in [3.63, 3.8) is 0 Å². The highest BCUT2D eigenvalue weighted by atomic mass is 16.3. The Balaban J connectivity index is 0.984. The quantitative estimate of drug-likeness (QED) is 0.174. The van der Waals surface area contributed by atoms with Gasteiger partial charge in [-0.3, -0.25) is 0 Å². The summed E-state index contributed by atoms with van der Waals surface area (Å²) in [6.07, 6.45) is -0.346. The van der Waals surface area contributed by atoms with Crippen LogP contribution in [0.1, 0.15) is 22.9 Å². The Labute approximate surface area is 365 Å². The molecule has 0 spiro atoms. The van der Waals surface area contributed by atoms with E-state index >= 15 is 0 Å². The molecule has 0 fully saturated rings. The van der Waals surface area contributed by atoms with Crippen molar-refractivity contribution < 1.29 is 4.42 Å². The Hall–Kier alpha value is -8.34. The number of benzene rings is 10. The van der Waals surface area contributed by atoms with E-state index in [0.717, 1.165) is 83.1 Å². The van der Waals surface area contributed by atoms with Crippen LogP contribution in [-0.2, 0) is 0 Å². The molecule has 4 heteroatoms. The Morgan fingerprint density at radius 2 is 0.873 bits per heavy atom. The third kappa shape index (κ3) is 6.39. The normalized spacial score (nSPS) is 13.9. The summed E-state index contributed by atoms with van der Waals surface area (Å²) in [4.78, 5) is 10.4. The van der Waals surface area contributed by atoms with E-state index in [2.05, 4.69) is 206 Å². The van der Waals surface area contributed by atoms with Gasteiger partial charge in [-0.1, -0.05) is 212 Å². The van der Waals surface area contributed by atoms with E-state index in [1.54, 1.807) is 0 Å². The summed E-state index contributed by atoms with van der Waals surface area (Å²) >= 11 is 0. The summed E-state index contributed by atoms with van der Waals surface area (Å²) in [5.41, 5.74) is 14.0. The lowest BCUT2D eigenvalue weighted by Gasteiger charge is -2.25. The fraction of sp³-hybridized carbons (Fsp3) is 0.0169. The number of rotatable bonds is 7. The van der Waals surface area contributed by atoms with Gasteiger partial charge in [0.2, 0.25) is 0 Å². The molecule has 0 amide bonds. The standard InChI is InChI=1S/C59H39N3O/c1-4-17-38(18-5-1)41-23-12-24-42(37-41)58-60-57(40-21-8-3-9-22-40)61-59(62-58)52-32-14-27-46-47(28-13-29-48(46)52)50-30-16-34-54-55(50)53-33-15-31-51(56(53)63-54)49-36-35-43(39-19-6-2-7-20-39)44-25-10-11-26-45(44)49/h1-37,58H,(H,60,61,62). The van der Waals surface area contributed by atoms with Crippen molar-refractivity contribution in [2.75, 3.05) is 0 Å². The monoisotopic (exact) mass is 805 g/mol. The lowest BCUT2D eigenvalue weighted by atomic mass is 9.90. The van der Waals surface area contributed by atoms with Crippen LogP contribution in [0.5, 0.6) is 0 Å². The van der Waals surface area contributed by atoms with Crippen LogP contribution in [0.3, 0.4) is 0 Å². The van der Waals surface area contributed by atoms with Crippen molar-refractivity contribution in [3.05, 3.63) is 241 Å². The topological polar surface area (TPSA) is 49.9 Å². The van der Waals surface area contributed by atoms with Crippen molar-refractivity contribution in [1.82, 2.24) is 5.32 Å². The zero-order valence-corrected chi connectivity index (χ0v) is 34.2. The largest absolute Gasteiger partial charge is 0.455 e. The number of hydrogen-bond donors (Lipinski definition) is 1. The molecule has 0 radical (unpaired) electrons. The van der Waals surface area contributed by atoms with Crippen LogP contribution < -0.4 is 5.32 Å². The molecule has 1 N–H and O–H groups in total. The van der Waals surface area contributed by atoms with Crippen LogP contribution in [-0.4, -0.2) is 11.7 Å². The molecular weight excluding hydrogens is 767 g/mol. The van der Waals surface area contributed by atoms with Crippen LogP contribution >= 0.6 is 0 Å². The molecule has 0 bridgehead atoms. The van der Waals surface area contributed by atoms with Gasteiger partial charge in [0.05, 0.1) is 0 Å². The lowest BCUT2D eigenvalue weighted by Crippen LogP contribution is -2.33. The molecule has 296 valence electrons. The Morgan fingerprint density at radius 1 is 0.365 bits per heavy atom. The second-order valence-corrected chi connectivity index (χ2v) is 16.1. The van der Waals surface area contributed by atoms with E-state index in [0.29, 0.717) is 5.84 Å². The lowest BCUT2D eigenvalue weighted by molar-refractivity contribution is 0.670. The van der Waals surface area contributed by atoms with Crippen molar-refractivity contribution in [1.29, 1.82) is 0 Å². The maximum Gasteiger partial charge on any atom is 0.159 e. The summed E-state index contributed by atoms with van der Waals surface area (Å²) in [6.45, 7) is 0. The van der Waals surface area contributed by atoms with Crippen molar-refractivity contribution >= 4 is 55.2 Å². The number of aliphatic imine (C=N–C) groups is 2. The first-order chi connectivity index (χ1) is 31.2. The van der Waals surface area contributed by atoms with E-state index in [-0.39, 0.29) is 6.17 Å². The molecular formula is C59H39N3O. The number of nitrogens with one attached hydrogen (secondary N) is 1. The summed E-state index contributed by atoms with van der Waals surface area (Å²) in [5, 5.41) is 10.6. The predicted octanol–water partition coefficient (Wildman–Crippen LogP) is 15.1. The minimum atomic E-state index is -0.346. The second kappa shape index (κ2) is 15.3. The average Bonchev–Trinajstić information content (AvgIpc) is 3.76. The van der Waals surface area contributed by atoms with Gasteiger partial charge in [0.1, 0.15) is 23.2 Å². The molecule has 0 saturated carbocycles. The third-order valence-corrected chi connectivity index (χ3v) is 12.4. The van der Waals surface area contributed by atoms with Gasteiger partial charge in [-0.25, -0.2) is 9.98 Å². The zero-order chi connectivity index (χ0) is 41.7. The molecule has 12 rings (SSSR count). The molecule has 1 atom stereocenters. The summed E-state index contributed by atoms with van der Waals surface area (Å²) in [5.74, 6) is 1.48. The highest BCUT2D eigenvalue weighted by Crippen LogP contribution is 2.44. The number of amidine groups is 2. The highest BCUT2D eigenvalue weighted by Gasteiger charge is 2.24. The molecule has 63 heavy (non-hydrogen) atoms. The van der Waals surface area contributed by atoms with Crippen LogP contribution in [0.25, 0.3) is 88.0 Å². The van der Waals surface area contributed by atoms with Gasteiger partial charge in [0.15, 0.2) is 5.84 Å². The summed E-state index contributed by atoms with van der Waals surface area (Å²) in [7, 11) is 0. The van der Waals surface area contributed by atoms with Gasteiger partial charge < -0.3 is 9.73 Å². The molecule has 1 aliphatic rings. The van der Waals surface area contributed by atoms with E-state index < -0.39 is 0 Å². The van der Waals surface area contributed by atoms with Crippen molar-refractivity contribution in [3.8, 4) is 44.5 Å². The third-order valence-electron chi connectivity index (χ3n) is 12.4. The molecule has 0 saturated heterocycles. The Bertz CT molecular complexity index is 3590. The second-order valence-electron chi connectivity index (χ2n) is 16.1. The first-order valence-electron chi connectivity index (χ1n) is 21.4. The molecule has 1 aromatic heterocycles. The maximum absolute atomic E-state index is 6.90. The molecule has 11 aromatic rings. The van der Waals surface area contributed by atoms with Crippen molar-refractivity contribution in [2.45, 2.75) is 6.17 Å². The number of nitrogens with zero attached hydrogens (tertiary/aromatic N) is 2. The van der Waals surface area contributed by atoms with Crippen LogP contribution in [0.2, 0.25) is 0 Å². The number of furan rings is 1. The molecule has 2 heterocycles. The molecule has 10 aromatic carbocycles. The Morgan fingerprint density at radius 3 is 1.62 bits per heavy atom. The molecule has 4 nitrogen and oxygen atoms in total. The first kappa shape index (κ1) is 36.5. The summed E-state index contributed by atoms with van der Waals surface area (Å²) in [6, 6.07) is 79.3. The van der Waals surface area contributed by atoms with Gasteiger partial charge in [-0.15, -0.1) is 0 Å². The highest BCUT2D eigenvalue weighted by molar-refractivity contribution is 6.22. The van der Waals surface area contributed by atoms with Gasteiger partial charge in [0, 0.05) is 27.5 Å². The maximum atomic E-state index is 6.90. The van der Waals surface area contributed by atoms with Crippen LogP contribution in [0, 0.1) is 0 Å². The molecule has 1 unspecified atom stereocenters. The number of fused-ring (bicyclic) bond motifs is 5. The SMILES string of the molecule is c1ccc(C2=NC(c3cccc(-c4ccccc4)c3)NC(c3cccc4c(-c5cccc6oc7c(-c8ccc(-c9ccccc9)c9ccccc89)cccc7c56)cccc34)=N2)cc1. The number of hydrogen-bond acceptors (Lipinski definition) is 4. The predicted molar refractivity (Wildman–Crippen MR) is 262 cm³/mol. The minimum Gasteiger partial charge on any atom is -0.455 e. The molecule has 0 aliphatic carbocycles. The average molecular weight is 806 g/mol. The fourth-order valence-electron chi connectivity index (χ4n) is 9.43. The minimum absolute atomic E-state index is 0.346. The molecule has 1 aliphatic heterocycles. The van der Waals surface area contributed by atoms with E-state index in [1.807, 2.05) is 24.3 Å². The number of para-hydroxylation sites is 1. The van der Waals surface area contributed by atoms with Crippen LogP contribution in [0.4, 0.5) is 0 Å². The van der Waals surface area contributed by atoms with Crippen molar-refractivity contribution in [2.24, 2.45) is 9.98 Å². The Kier molecular flexibility index (Phi) is 8.86. The zero-order valence-electron chi connectivity index (χ0n) is 34.2. The van der Waals surface area contributed by atoms with Gasteiger partial charge in [-0.2, -0.15) is 0 Å². The fourth-order valence-corrected chi connectivity index (χ4v) is 9.43. The van der Waals surface area contributed by atoms with E-state index in [1.165, 1.54) is 27.5 Å². The van der Waals surface area contributed by atoms with Gasteiger partial charge >= 0.3 is 0 Å². The smallest absolute Gasteiger partial charge is 0.159 e. The summed E-state index contributed by atoms with van der Waals surface area (Å²) < 4.78 is 6.90. The van der Waals surface area contributed by atoms with E-state index in [4.69, 9.17) is 14.4 Å². The van der Waals surface area contributed by atoms with E-state index in [9.17, 15) is 0 Å². The van der Waals surface area contributed by atoms with Gasteiger partial charge in [0.25, 0.3) is 0 Å². The van der Waals surface area contributed by atoms with Gasteiger partial charge in [-0.05, 0) is 78.2 Å². The van der Waals surface area contributed by atoms with Crippen LogP contribution in [0.15, 0.2) is 239 Å².